The minimum Gasteiger partial charge on any atom is -0.337 e. The zero-order chi connectivity index (χ0) is 18.8. The molecule has 1 aliphatic carbocycles. The number of hydrogen-bond donors (Lipinski definition) is 0. The summed E-state index contributed by atoms with van der Waals surface area (Å²) in [6.07, 6.45) is 5.80. The summed E-state index contributed by atoms with van der Waals surface area (Å²) in [7, 11) is 0. The molecule has 2 heterocycles. The number of carbonyl (C=O) groups excluding carboxylic acids is 1. The third kappa shape index (κ3) is 3.92. The summed E-state index contributed by atoms with van der Waals surface area (Å²) in [5, 5.41) is 9.45. The van der Waals surface area contributed by atoms with Crippen LogP contribution in [0.3, 0.4) is 0 Å². The predicted molar refractivity (Wildman–Crippen MR) is 104 cm³/mol. The lowest BCUT2D eigenvalue weighted by molar-refractivity contribution is -0.133. The lowest BCUT2D eigenvalue weighted by atomic mass is 10.2. The van der Waals surface area contributed by atoms with Gasteiger partial charge in [0.05, 0.1) is 5.25 Å². The number of pyridine rings is 1. The third-order valence-corrected chi connectivity index (χ3v) is 5.56. The molecule has 7 heteroatoms. The van der Waals surface area contributed by atoms with Gasteiger partial charge in [0.2, 0.25) is 5.91 Å². The van der Waals surface area contributed by atoms with Crippen LogP contribution in [-0.2, 0) is 4.79 Å². The second-order valence-electron chi connectivity index (χ2n) is 7.34. The monoisotopic (exact) mass is 373 g/mol. The fraction of sp³-hybridized carbons (Fsp3) is 0.579. The van der Waals surface area contributed by atoms with Gasteiger partial charge in [-0.2, -0.15) is 0 Å². The standard InChI is InChI=1S/C19H27N5OS/c1-12(2)23(13(3)4)18(25)14(5)26-19-22-21-17(24(19)16-6-7-16)15-8-10-20-11-9-15/h8-14,16H,6-7H2,1-5H3/t14-/m1/s1. The van der Waals surface area contributed by atoms with E-state index in [1.165, 1.54) is 11.8 Å². The zero-order valence-corrected chi connectivity index (χ0v) is 16.9. The van der Waals surface area contributed by atoms with E-state index >= 15 is 0 Å². The van der Waals surface area contributed by atoms with Gasteiger partial charge in [0.15, 0.2) is 11.0 Å². The van der Waals surface area contributed by atoms with Crippen LogP contribution in [0.15, 0.2) is 29.7 Å². The van der Waals surface area contributed by atoms with E-state index in [0.717, 1.165) is 29.4 Å². The molecule has 26 heavy (non-hydrogen) atoms. The minimum absolute atomic E-state index is 0.149. The molecule has 2 aromatic rings. The van der Waals surface area contributed by atoms with E-state index in [-0.39, 0.29) is 23.2 Å². The Morgan fingerprint density at radius 3 is 2.27 bits per heavy atom. The first-order chi connectivity index (χ1) is 12.4. The van der Waals surface area contributed by atoms with Crippen molar-refractivity contribution >= 4 is 17.7 Å². The van der Waals surface area contributed by atoms with E-state index in [4.69, 9.17) is 0 Å². The first-order valence-electron chi connectivity index (χ1n) is 9.24. The van der Waals surface area contributed by atoms with Gasteiger partial charge in [-0.25, -0.2) is 0 Å². The smallest absolute Gasteiger partial charge is 0.236 e. The molecule has 0 radical (unpaired) electrons. The SMILES string of the molecule is CC(C)N(C(=O)[C@@H](C)Sc1nnc(-c2ccncc2)n1C1CC1)C(C)C. The molecule has 1 amide bonds. The molecule has 1 saturated carbocycles. The van der Waals surface area contributed by atoms with Crippen LogP contribution in [0.25, 0.3) is 11.4 Å². The van der Waals surface area contributed by atoms with Crippen molar-refractivity contribution in [1.29, 1.82) is 0 Å². The van der Waals surface area contributed by atoms with Crippen molar-refractivity contribution in [2.75, 3.05) is 0 Å². The van der Waals surface area contributed by atoms with Crippen molar-refractivity contribution in [3.8, 4) is 11.4 Å². The minimum atomic E-state index is -0.202. The molecule has 1 aliphatic rings. The molecule has 1 atom stereocenters. The van der Waals surface area contributed by atoms with Crippen LogP contribution in [0.5, 0.6) is 0 Å². The van der Waals surface area contributed by atoms with Crippen molar-refractivity contribution in [2.45, 2.75) is 76.0 Å². The highest BCUT2D eigenvalue weighted by atomic mass is 32.2. The largest absolute Gasteiger partial charge is 0.337 e. The summed E-state index contributed by atoms with van der Waals surface area (Å²) in [6, 6.07) is 4.69. The predicted octanol–water partition coefficient (Wildman–Crippen LogP) is 3.80. The molecule has 140 valence electrons. The van der Waals surface area contributed by atoms with E-state index in [2.05, 4.69) is 47.4 Å². The van der Waals surface area contributed by atoms with E-state index in [1.54, 1.807) is 12.4 Å². The molecule has 6 nitrogen and oxygen atoms in total. The number of thioether (sulfide) groups is 1. The first kappa shape index (κ1) is 18.9. The number of aromatic nitrogens is 4. The highest BCUT2D eigenvalue weighted by Crippen LogP contribution is 2.41. The van der Waals surface area contributed by atoms with Crippen LogP contribution in [-0.4, -0.2) is 47.9 Å². The molecule has 0 aromatic carbocycles. The molecular weight excluding hydrogens is 346 g/mol. The number of amides is 1. The summed E-state index contributed by atoms with van der Waals surface area (Å²) >= 11 is 1.51. The second-order valence-corrected chi connectivity index (χ2v) is 8.64. The Hall–Kier alpha value is -1.89. The number of rotatable bonds is 7. The molecule has 0 unspecified atom stereocenters. The molecule has 0 N–H and O–H groups in total. The van der Waals surface area contributed by atoms with Crippen LogP contribution >= 0.6 is 11.8 Å². The summed E-state index contributed by atoms with van der Waals surface area (Å²) in [4.78, 5) is 19.0. The van der Waals surface area contributed by atoms with Gasteiger partial charge in [-0.3, -0.25) is 14.3 Å². The lowest BCUT2D eigenvalue weighted by Crippen LogP contribution is -2.45. The average Bonchev–Trinajstić information content (AvgIpc) is 3.35. The Morgan fingerprint density at radius 1 is 1.12 bits per heavy atom. The molecule has 0 aliphatic heterocycles. The van der Waals surface area contributed by atoms with Crippen molar-refractivity contribution in [2.24, 2.45) is 0 Å². The van der Waals surface area contributed by atoms with Gasteiger partial charge in [-0.15, -0.1) is 10.2 Å². The molecule has 1 fully saturated rings. The maximum absolute atomic E-state index is 12.9. The van der Waals surface area contributed by atoms with Gasteiger partial charge in [-0.05, 0) is 59.6 Å². The van der Waals surface area contributed by atoms with Crippen molar-refractivity contribution in [3.05, 3.63) is 24.5 Å². The van der Waals surface area contributed by atoms with Crippen LogP contribution < -0.4 is 0 Å². The van der Waals surface area contributed by atoms with Crippen LogP contribution in [0, 0.1) is 0 Å². The first-order valence-corrected chi connectivity index (χ1v) is 10.1. The summed E-state index contributed by atoms with van der Waals surface area (Å²) in [5.74, 6) is 1.01. The number of hydrogen-bond acceptors (Lipinski definition) is 5. The molecular formula is C19H27N5OS. The Bertz CT molecular complexity index is 747. The molecule has 0 saturated heterocycles. The van der Waals surface area contributed by atoms with Gasteiger partial charge >= 0.3 is 0 Å². The summed E-state index contributed by atoms with van der Waals surface area (Å²) in [5.41, 5.74) is 1.01. The normalized spacial score (nSPS) is 15.5. The van der Waals surface area contributed by atoms with E-state index in [9.17, 15) is 4.79 Å². The van der Waals surface area contributed by atoms with Crippen LogP contribution in [0.4, 0.5) is 0 Å². The van der Waals surface area contributed by atoms with Gasteiger partial charge in [0, 0.05) is 36.1 Å². The van der Waals surface area contributed by atoms with Crippen LogP contribution in [0.1, 0.15) is 53.5 Å². The summed E-state index contributed by atoms with van der Waals surface area (Å²) in [6.45, 7) is 10.2. The van der Waals surface area contributed by atoms with Gasteiger partial charge in [0.25, 0.3) is 0 Å². The highest BCUT2D eigenvalue weighted by molar-refractivity contribution is 8.00. The van der Waals surface area contributed by atoms with E-state index < -0.39 is 0 Å². The fourth-order valence-corrected chi connectivity index (χ4v) is 4.22. The molecule has 2 aromatic heterocycles. The molecule has 3 rings (SSSR count). The topological polar surface area (TPSA) is 63.9 Å². The maximum atomic E-state index is 12.9. The fourth-order valence-electron chi connectivity index (χ4n) is 3.24. The van der Waals surface area contributed by atoms with Crippen molar-refractivity contribution in [1.82, 2.24) is 24.6 Å². The Labute approximate surface area is 159 Å². The number of nitrogens with zero attached hydrogens (tertiary/aromatic N) is 5. The maximum Gasteiger partial charge on any atom is 0.236 e. The van der Waals surface area contributed by atoms with Gasteiger partial charge in [0.1, 0.15) is 0 Å². The van der Waals surface area contributed by atoms with Crippen molar-refractivity contribution < 1.29 is 4.79 Å². The highest BCUT2D eigenvalue weighted by Gasteiger charge is 2.33. The second kappa shape index (κ2) is 7.78. The Balaban J connectivity index is 1.84. The van der Waals surface area contributed by atoms with Crippen LogP contribution in [0.2, 0.25) is 0 Å². The Kier molecular flexibility index (Phi) is 5.65. The van der Waals surface area contributed by atoms with E-state index in [0.29, 0.717) is 6.04 Å². The van der Waals surface area contributed by atoms with Gasteiger partial charge in [-0.1, -0.05) is 11.8 Å². The number of carbonyl (C=O) groups is 1. The Morgan fingerprint density at radius 2 is 1.73 bits per heavy atom. The van der Waals surface area contributed by atoms with Gasteiger partial charge < -0.3 is 4.90 Å². The quantitative estimate of drug-likeness (QED) is 0.691. The lowest BCUT2D eigenvalue weighted by Gasteiger charge is -2.32. The van der Waals surface area contributed by atoms with E-state index in [1.807, 2.05) is 24.0 Å². The summed E-state index contributed by atoms with van der Waals surface area (Å²) < 4.78 is 2.19. The third-order valence-electron chi connectivity index (χ3n) is 4.51. The zero-order valence-electron chi connectivity index (χ0n) is 16.1. The molecule has 0 bridgehead atoms. The van der Waals surface area contributed by atoms with Crippen molar-refractivity contribution in [3.63, 3.8) is 0 Å². The average molecular weight is 374 g/mol. The molecule has 0 spiro atoms.